The number of nitrogens with one attached hydrogen (secondary N) is 1. The summed E-state index contributed by atoms with van der Waals surface area (Å²) >= 11 is 3.30. The van der Waals surface area contributed by atoms with Gasteiger partial charge in [-0.3, -0.25) is 0 Å². The van der Waals surface area contributed by atoms with Crippen molar-refractivity contribution in [3.8, 4) is 12.1 Å². The van der Waals surface area contributed by atoms with Crippen LogP contribution in [0.1, 0.15) is 11.1 Å². The third-order valence-corrected chi connectivity index (χ3v) is 2.99. The summed E-state index contributed by atoms with van der Waals surface area (Å²) < 4.78 is 14.3. The fourth-order valence-electron chi connectivity index (χ4n) is 1.60. The Morgan fingerprint density at radius 3 is 2.53 bits per heavy atom. The van der Waals surface area contributed by atoms with Crippen LogP contribution in [0.5, 0.6) is 0 Å². The highest BCUT2D eigenvalue weighted by atomic mass is 79.9. The van der Waals surface area contributed by atoms with E-state index in [4.69, 9.17) is 10.5 Å². The summed E-state index contributed by atoms with van der Waals surface area (Å²) in [7, 11) is 0. The van der Waals surface area contributed by atoms with E-state index in [-0.39, 0.29) is 5.56 Å². The Hall–Kier alpha value is -2.37. The summed E-state index contributed by atoms with van der Waals surface area (Å²) in [6.07, 6.45) is 0. The SMILES string of the molecule is N#Cc1ccc(Br)cc1Nc1cccc(F)c1C#N. The zero-order chi connectivity index (χ0) is 13.8. The third-order valence-electron chi connectivity index (χ3n) is 2.50. The fraction of sp³-hybridized carbons (Fsp3) is 0. The highest BCUT2D eigenvalue weighted by Crippen LogP contribution is 2.27. The Morgan fingerprint density at radius 1 is 1.05 bits per heavy atom. The van der Waals surface area contributed by atoms with Crippen molar-refractivity contribution in [2.45, 2.75) is 0 Å². The minimum Gasteiger partial charge on any atom is -0.353 e. The van der Waals surface area contributed by atoms with Gasteiger partial charge in [-0.2, -0.15) is 10.5 Å². The lowest BCUT2D eigenvalue weighted by Crippen LogP contribution is -1.98. The molecule has 2 aromatic carbocycles. The van der Waals surface area contributed by atoms with Crippen LogP contribution in [0, 0.1) is 28.5 Å². The van der Waals surface area contributed by atoms with E-state index in [0.29, 0.717) is 16.9 Å². The van der Waals surface area contributed by atoms with E-state index in [2.05, 4.69) is 21.2 Å². The summed E-state index contributed by atoms with van der Waals surface area (Å²) in [5.74, 6) is -0.596. The van der Waals surface area contributed by atoms with Crippen LogP contribution in [0.25, 0.3) is 0 Å². The second kappa shape index (κ2) is 5.51. The normalized spacial score (nSPS) is 9.47. The van der Waals surface area contributed by atoms with Gasteiger partial charge in [-0.25, -0.2) is 4.39 Å². The van der Waals surface area contributed by atoms with Gasteiger partial charge in [-0.1, -0.05) is 22.0 Å². The molecule has 0 unspecified atom stereocenters. The number of hydrogen-bond acceptors (Lipinski definition) is 3. The molecular weight excluding hydrogens is 309 g/mol. The van der Waals surface area contributed by atoms with Crippen molar-refractivity contribution in [3.63, 3.8) is 0 Å². The zero-order valence-electron chi connectivity index (χ0n) is 9.61. The lowest BCUT2D eigenvalue weighted by molar-refractivity contribution is 0.624. The number of rotatable bonds is 2. The van der Waals surface area contributed by atoms with E-state index >= 15 is 0 Å². The van der Waals surface area contributed by atoms with Gasteiger partial charge in [-0.05, 0) is 30.3 Å². The number of anilines is 2. The molecule has 0 aliphatic heterocycles. The van der Waals surface area contributed by atoms with Gasteiger partial charge in [0.05, 0.1) is 16.9 Å². The zero-order valence-corrected chi connectivity index (χ0v) is 11.2. The molecule has 92 valence electrons. The van der Waals surface area contributed by atoms with E-state index in [0.717, 1.165) is 4.47 Å². The van der Waals surface area contributed by atoms with E-state index < -0.39 is 5.82 Å². The molecule has 0 aliphatic rings. The number of nitrogens with zero attached hydrogens (tertiary/aromatic N) is 2. The van der Waals surface area contributed by atoms with Crippen molar-refractivity contribution in [2.75, 3.05) is 5.32 Å². The molecule has 0 amide bonds. The van der Waals surface area contributed by atoms with Gasteiger partial charge in [-0.15, -0.1) is 0 Å². The van der Waals surface area contributed by atoms with E-state index in [1.165, 1.54) is 12.1 Å². The number of halogens is 2. The van der Waals surface area contributed by atoms with Crippen LogP contribution >= 0.6 is 15.9 Å². The van der Waals surface area contributed by atoms with Crippen molar-refractivity contribution in [1.29, 1.82) is 10.5 Å². The Morgan fingerprint density at radius 2 is 1.84 bits per heavy atom. The molecule has 0 saturated carbocycles. The monoisotopic (exact) mass is 315 g/mol. The number of benzene rings is 2. The van der Waals surface area contributed by atoms with E-state index in [1.807, 2.05) is 6.07 Å². The molecule has 0 aliphatic carbocycles. The molecule has 0 fully saturated rings. The quantitative estimate of drug-likeness (QED) is 0.908. The second-order valence-electron chi connectivity index (χ2n) is 3.70. The predicted molar refractivity (Wildman–Crippen MR) is 73.3 cm³/mol. The van der Waals surface area contributed by atoms with Gasteiger partial charge in [0.2, 0.25) is 0 Å². The first-order valence-corrected chi connectivity index (χ1v) is 6.10. The lowest BCUT2D eigenvalue weighted by atomic mass is 10.1. The van der Waals surface area contributed by atoms with Crippen LogP contribution in [0.4, 0.5) is 15.8 Å². The second-order valence-corrected chi connectivity index (χ2v) is 4.62. The number of nitriles is 2. The average molecular weight is 316 g/mol. The van der Waals surface area contributed by atoms with Crippen molar-refractivity contribution in [2.24, 2.45) is 0 Å². The maximum absolute atomic E-state index is 13.5. The van der Waals surface area contributed by atoms with Crippen molar-refractivity contribution in [1.82, 2.24) is 0 Å². The predicted octanol–water partition coefficient (Wildman–Crippen LogP) is 4.08. The smallest absolute Gasteiger partial charge is 0.143 e. The molecule has 0 radical (unpaired) electrons. The van der Waals surface area contributed by atoms with Crippen LogP contribution in [0.3, 0.4) is 0 Å². The van der Waals surface area contributed by atoms with E-state index in [1.54, 1.807) is 30.3 Å². The Bertz CT molecular complexity index is 714. The summed E-state index contributed by atoms with van der Waals surface area (Å²) in [5, 5.41) is 20.9. The molecule has 2 rings (SSSR count). The van der Waals surface area contributed by atoms with Gasteiger partial charge in [0.1, 0.15) is 23.5 Å². The molecule has 3 nitrogen and oxygen atoms in total. The van der Waals surface area contributed by atoms with Crippen LogP contribution in [0.15, 0.2) is 40.9 Å². The molecule has 5 heteroatoms. The highest BCUT2D eigenvalue weighted by molar-refractivity contribution is 9.10. The molecule has 19 heavy (non-hydrogen) atoms. The molecule has 0 heterocycles. The molecule has 0 saturated heterocycles. The van der Waals surface area contributed by atoms with Crippen LogP contribution in [-0.2, 0) is 0 Å². The first kappa shape index (κ1) is 13.1. The minimum absolute atomic E-state index is 0.0774. The van der Waals surface area contributed by atoms with E-state index in [9.17, 15) is 4.39 Å². The summed E-state index contributed by atoms with van der Waals surface area (Å²) in [5.41, 5.74) is 1.18. The third kappa shape index (κ3) is 2.73. The summed E-state index contributed by atoms with van der Waals surface area (Å²) in [4.78, 5) is 0. The van der Waals surface area contributed by atoms with Gasteiger partial charge < -0.3 is 5.32 Å². The van der Waals surface area contributed by atoms with Gasteiger partial charge >= 0.3 is 0 Å². The first-order chi connectivity index (χ1) is 9.15. The number of hydrogen-bond donors (Lipinski definition) is 1. The first-order valence-electron chi connectivity index (χ1n) is 5.31. The summed E-state index contributed by atoms with van der Waals surface area (Å²) in [6, 6.07) is 13.2. The Labute approximate surface area is 118 Å². The standard InChI is InChI=1S/C14H7BrFN3/c15-10-5-4-9(7-17)14(6-10)19-13-3-1-2-12(16)11(13)8-18/h1-6,19H. The highest BCUT2D eigenvalue weighted by Gasteiger charge is 2.10. The average Bonchev–Trinajstić information content (AvgIpc) is 2.39. The molecular formula is C14H7BrFN3. The molecule has 2 aromatic rings. The van der Waals surface area contributed by atoms with Gasteiger partial charge in [0.15, 0.2) is 0 Å². The summed E-state index contributed by atoms with van der Waals surface area (Å²) in [6.45, 7) is 0. The van der Waals surface area contributed by atoms with Crippen molar-refractivity contribution >= 4 is 27.3 Å². The fourth-order valence-corrected chi connectivity index (χ4v) is 1.97. The largest absolute Gasteiger partial charge is 0.353 e. The maximum Gasteiger partial charge on any atom is 0.143 e. The van der Waals surface area contributed by atoms with Gasteiger partial charge in [0.25, 0.3) is 0 Å². The van der Waals surface area contributed by atoms with Crippen LogP contribution < -0.4 is 5.32 Å². The van der Waals surface area contributed by atoms with Crippen LogP contribution in [0.2, 0.25) is 0 Å². The van der Waals surface area contributed by atoms with Gasteiger partial charge in [0, 0.05) is 4.47 Å². The molecule has 0 aromatic heterocycles. The molecule has 1 N–H and O–H groups in total. The Kier molecular flexibility index (Phi) is 3.79. The van der Waals surface area contributed by atoms with Crippen molar-refractivity contribution < 1.29 is 4.39 Å². The molecule has 0 bridgehead atoms. The minimum atomic E-state index is -0.596. The Balaban J connectivity index is 2.49. The molecule has 0 spiro atoms. The maximum atomic E-state index is 13.5. The van der Waals surface area contributed by atoms with Crippen molar-refractivity contribution in [3.05, 3.63) is 57.8 Å². The van der Waals surface area contributed by atoms with Crippen LogP contribution in [-0.4, -0.2) is 0 Å². The lowest BCUT2D eigenvalue weighted by Gasteiger charge is -2.10. The topological polar surface area (TPSA) is 59.6 Å². The molecule has 0 atom stereocenters.